The van der Waals surface area contributed by atoms with Gasteiger partial charge >= 0.3 is 5.97 Å². The van der Waals surface area contributed by atoms with Gasteiger partial charge in [0.1, 0.15) is 5.75 Å². The molecule has 1 aromatic heterocycles. The summed E-state index contributed by atoms with van der Waals surface area (Å²) in [6.07, 6.45) is 1.54. The zero-order valence-electron chi connectivity index (χ0n) is 8.84. The van der Waals surface area contributed by atoms with Crippen molar-refractivity contribution in [3.05, 3.63) is 53.9 Å². The van der Waals surface area contributed by atoms with Crippen LogP contribution in [0.25, 0.3) is 0 Å². The summed E-state index contributed by atoms with van der Waals surface area (Å²) in [6.45, 7) is 0. The molecule has 0 N–H and O–H groups in total. The third kappa shape index (κ3) is 2.88. The maximum atomic E-state index is 11.8. The first-order chi connectivity index (χ1) is 8.31. The van der Waals surface area contributed by atoms with Gasteiger partial charge in [0.05, 0.1) is 0 Å². The topological polar surface area (TPSA) is 52.1 Å². The number of alkyl halides is 1. The van der Waals surface area contributed by atoms with E-state index in [1.165, 1.54) is 6.20 Å². The number of para-hydroxylation sites is 1. The number of ether oxygens (including phenoxy) is 1. The number of halogens is 1. The maximum absolute atomic E-state index is 11.8. The minimum Gasteiger partial charge on any atom is -0.422 e. The third-order valence-corrected chi connectivity index (χ3v) is 2.70. The predicted octanol–water partition coefficient (Wildman–Crippen LogP) is 2.59. The van der Waals surface area contributed by atoms with E-state index in [0.717, 1.165) is 5.56 Å². The average molecular weight is 293 g/mol. The van der Waals surface area contributed by atoms with Crippen LogP contribution in [0.4, 0.5) is 0 Å². The fraction of sp³-hybridized carbons (Fsp3) is 0.0833. The number of esters is 1. The number of benzene rings is 1. The van der Waals surface area contributed by atoms with Crippen LogP contribution in [0.3, 0.4) is 0 Å². The van der Waals surface area contributed by atoms with Gasteiger partial charge in [-0.2, -0.15) is 5.10 Å². The normalized spacial score (nSPS) is 9.94. The number of hydrogen-bond acceptors (Lipinski definition) is 4. The largest absolute Gasteiger partial charge is 0.422 e. The minimum absolute atomic E-state index is 0.230. The van der Waals surface area contributed by atoms with Crippen LogP contribution in [0.2, 0.25) is 0 Å². The Balaban J connectivity index is 2.20. The number of carbonyl (C=O) groups excluding carboxylic acids is 1. The highest BCUT2D eigenvalue weighted by Crippen LogP contribution is 2.14. The summed E-state index contributed by atoms with van der Waals surface area (Å²) >= 11 is 3.29. The van der Waals surface area contributed by atoms with E-state index in [2.05, 4.69) is 26.1 Å². The van der Waals surface area contributed by atoms with Gasteiger partial charge in [-0.05, 0) is 23.8 Å². The van der Waals surface area contributed by atoms with Crippen molar-refractivity contribution in [1.29, 1.82) is 0 Å². The van der Waals surface area contributed by atoms with Crippen molar-refractivity contribution < 1.29 is 9.53 Å². The highest BCUT2D eigenvalue weighted by atomic mass is 79.9. The summed E-state index contributed by atoms with van der Waals surface area (Å²) in [5.41, 5.74) is 0.981. The van der Waals surface area contributed by atoms with Crippen LogP contribution in [0.1, 0.15) is 16.1 Å². The van der Waals surface area contributed by atoms with E-state index in [0.29, 0.717) is 11.1 Å². The van der Waals surface area contributed by atoms with Crippen LogP contribution < -0.4 is 4.74 Å². The number of nitrogens with zero attached hydrogens (tertiary/aromatic N) is 2. The van der Waals surface area contributed by atoms with Gasteiger partial charge < -0.3 is 4.74 Å². The molecule has 2 rings (SSSR count). The lowest BCUT2D eigenvalue weighted by Crippen LogP contribution is -2.13. The first-order valence-corrected chi connectivity index (χ1v) is 6.07. The molecule has 1 aromatic carbocycles. The molecule has 0 fully saturated rings. The van der Waals surface area contributed by atoms with Gasteiger partial charge in [-0.3, -0.25) is 0 Å². The molecule has 5 heteroatoms. The second-order valence-corrected chi connectivity index (χ2v) is 3.80. The third-order valence-electron chi connectivity index (χ3n) is 2.10. The van der Waals surface area contributed by atoms with E-state index >= 15 is 0 Å². The van der Waals surface area contributed by atoms with Crippen molar-refractivity contribution in [3.63, 3.8) is 0 Å². The molecule has 0 saturated carbocycles. The van der Waals surface area contributed by atoms with Gasteiger partial charge in [0, 0.05) is 11.5 Å². The lowest BCUT2D eigenvalue weighted by molar-refractivity contribution is 0.0726. The van der Waals surface area contributed by atoms with Crippen molar-refractivity contribution in [2.24, 2.45) is 0 Å². The first kappa shape index (κ1) is 11.7. The van der Waals surface area contributed by atoms with Gasteiger partial charge in [0.25, 0.3) is 0 Å². The Morgan fingerprint density at radius 3 is 2.71 bits per heavy atom. The van der Waals surface area contributed by atoms with E-state index in [1.807, 2.05) is 6.07 Å². The SMILES string of the molecule is O=C(Oc1ccccc1)c1nnccc1CBr. The smallest absolute Gasteiger partial charge is 0.364 e. The molecule has 0 aliphatic carbocycles. The molecule has 0 unspecified atom stereocenters. The Morgan fingerprint density at radius 2 is 2.00 bits per heavy atom. The molecule has 1 heterocycles. The van der Waals surface area contributed by atoms with Crippen LogP contribution in [0.5, 0.6) is 5.75 Å². The second kappa shape index (κ2) is 5.54. The van der Waals surface area contributed by atoms with Crippen molar-refractivity contribution >= 4 is 21.9 Å². The summed E-state index contributed by atoms with van der Waals surface area (Å²) in [5, 5.41) is 8.00. The quantitative estimate of drug-likeness (QED) is 0.496. The number of aromatic nitrogens is 2. The Labute approximate surface area is 107 Å². The minimum atomic E-state index is -0.501. The zero-order valence-corrected chi connectivity index (χ0v) is 10.4. The fourth-order valence-corrected chi connectivity index (χ4v) is 1.73. The van der Waals surface area contributed by atoms with Crippen molar-refractivity contribution in [2.75, 3.05) is 0 Å². The Hall–Kier alpha value is -1.75. The molecule has 0 radical (unpaired) electrons. The highest BCUT2D eigenvalue weighted by molar-refractivity contribution is 9.08. The number of rotatable bonds is 3. The molecular weight excluding hydrogens is 284 g/mol. The fourth-order valence-electron chi connectivity index (χ4n) is 1.28. The van der Waals surface area contributed by atoms with Gasteiger partial charge in [-0.1, -0.05) is 34.1 Å². The summed E-state index contributed by atoms with van der Waals surface area (Å²) in [6, 6.07) is 10.6. The number of hydrogen-bond donors (Lipinski definition) is 0. The van der Waals surface area contributed by atoms with Gasteiger partial charge in [0.2, 0.25) is 0 Å². The monoisotopic (exact) mass is 292 g/mol. The van der Waals surface area contributed by atoms with Crippen LogP contribution in [-0.4, -0.2) is 16.2 Å². The van der Waals surface area contributed by atoms with Gasteiger partial charge in [-0.15, -0.1) is 5.10 Å². The summed E-state index contributed by atoms with van der Waals surface area (Å²) in [5.74, 6) is -0.0116. The van der Waals surface area contributed by atoms with Crippen LogP contribution >= 0.6 is 15.9 Å². The molecular formula is C12H9BrN2O2. The number of carbonyl (C=O) groups is 1. The summed E-state index contributed by atoms with van der Waals surface area (Å²) in [4.78, 5) is 11.8. The standard InChI is InChI=1S/C12H9BrN2O2/c13-8-9-6-7-14-15-11(9)12(16)17-10-4-2-1-3-5-10/h1-7H,8H2. The molecule has 17 heavy (non-hydrogen) atoms. The second-order valence-electron chi connectivity index (χ2n) is 3.24. The summed E-state index contributed by atoms with van der Waals surface area (Å²) < 4.78 is 5.18. The first-order valence-electron chi connectivity index (χ1n) is 4.95. The van der Waals surface area contributed by atoms with E-state index in [1.54, 1.807) is 30.3 Å². The van der Waals surface area contributed by atoms with E-state index in [4.69, 9.17) is 4.74 Å². The zero-order chi connectivity index (χ0) is 12.1. The van der Waals surface area contributed by atoms with Crippen LogP contribution in [-0.2, 0) is 5.33 Å². The molecule has 0 bridgehead atoms. The lowest BCUT2D eigenvalue weighted by Gasteiger charge is -2.05. The van der Waals surface area contributed by atoms with Crippen LogP contribution in [0.15, 0.2) is 42.6 Å². The molecule has 0 aliphatic heterocycles. The van der Waals surface area contributed by atoms with E-state index in [-0.39, 0.29) is 5.69 Å². The molecule has 0 spiro atoms. The molecule has 4 nitrogen and oxygen atoms in total. The molecule has 0 atom stereocenters. The molecule has 0 aliphatic rings. The van der Waals surface area contributed by atoms with E-state index in [9.17, 15) is 4.79 Å². The molecule has 0 amide bonds. The van der Waals surface area contributed by atoms with Crippen molar-refractivity contribution in [1.82, 2.24) is 10.2 Å². The van der Waals surface area contributed by atoms with Gasteiger partial charge in [-0.25, -0.2) is 4.79 Å². The van der Waals surface area contributed by atoms with E-state index < -0.39 is 5.97 Å². The van der Waals surface area contributed by atoms with Crippen molar-refractivity contribution in [3.8, 4) is 5.75 Å². The summed E-state index contributed by atoms with van der Waals surface area (Å²) in [7, 11) is 0. The molecule has 86 valence electrons. The molecule has 2 aromatic rings. The maximum Gasteiger partial charge on any atom is 0.364 e. The van der Waals surface area contributed by atoms with Crippen molar-refractivity contribution in [2.45, 2.75) is 5.33 Å². The highest BCUT2D eigenvalue weighted by Gasteiger charge is 2.15. The average Bonchev–Trinajstić information content (AvgIpc) is 2.40. The lowest BCUT2D eigenvalue weighted by atomic mass is 10.2. The Bertz CT molecular complexity index is 517. The Morgan fingerprint density at radius 1 is 1.24 bits per heavy atom. The predicted molar refractivity (Wildman–Crippen MR) is 66.1 cm³/mol. The van der Waals surface area contributed by atoms with Crippen LogP contribution in [0, 0.1) is 0 Å². The van der Waals surface area contributed by atoms with Gasteiger partial charge in [0.15, 0.2) is 5.69 Å². The Kier molecular flexibility index (Phi) is 3.82. The molecule has 0 saturated heterocycles.